The zero-order valence-electron chi connectivity index (χ0n) is 19.0. The minimum absolute atomic E-state index is 0.0668. The Kier molecular flexibility index (Phi) is 7.14. The molecule has 1 aliphatic rings. The smallest absolute Gasteiger partial charge is 0.235 e. The van der Waals surface area contributed by atoms with Crippen LogP contribution in [0.4, 0.5) is 11.5 Å². The summed E-state index contributed by atoms with van der Waals surface area (Å²) >= 11 is 1.39. The van der Waals surface area contributed by atoms with Crippen molar-refractivity contribution >= 4 is 29.2 Å². The summed E-state index contributed by atoms with van der Waals surface area (Å²) in [7, 11) is 1.93. The van der Waals surface area contributed by atoms with Gasteiger partial charge < -0.3 is 14.8 Å². The minimum Gasteiger partial charge on any atom is -0.372 e. The number of anilines is 2. The molecule has 170 valence electrons. The molecule has 3 aromatic rings. The summed E-state index contributed by atoms with van der Waals surface area (Å²) in [5, 5.41) is 16.8. The highest BCUT2D eigenvalue weighted by Crippen LogP contribution is 2.31. The Bertz CT molecular complexity index is 1030. The molecule has 1 aliphatic carbocycles. The molecule has 0 aliphatic heterocycles. The van der Waals surface area contributed by atoms with E-state index < -0.39 is 0 Å². The molecule has 1 saturated carbocycles. The lowest BCUT2D eigenvalue weighted by Crippen LogP contribution is -2.21. The van der Waals surface area contributed by atoms with Crippen LogP contribution in [0.5, 0.6) is 0 Å². The molecule has 9 heteroatoms. The number of hydrogen-bond donors (Lipinski definition) is 1. The van der Waals surface area contributed by atoms with Gasteiger partial charge in [-0.2, -0.15) is 5.10 Å². The van der Waals surface area contributed by atoms with E-state index in [9.17, 15) is 4.79 Å². The van der Waals surface area contributed by atoms with Crippen molar-refractivity contribution < 1.29 is 4.79 Å². The first-order valence-electron chi connectivity index (χ1n) is 11.3. The van der Waals surface area contributed by atoms with Crippen LogP contribution in [0.25, 0.3) is 11.4 Å². The molecule has 2 heterocycles. The molecular formula is C23H31N7OS. The fraction of sp³-hybridized carbons (Fsp3) is 0.478. The summed E-state index contributed by atoms with van der Waals surface area (Å²) in [6, 6.07) is 10.6. The van der Waals surface area contributed by atoms with Crippen molar-refractivity contribution in [2.75, 3.05) is 29.1 Å². The molecule has 1 aromatic carbocycles. The van der Waals surface area contributed by atoms with Crippen LogP contribution in [0.2, 0.25) is 0 Å². The second-order valence-corrected chi connectivity index (χ2v) is 8.96. The summed E-state index contributed by atoms with van der Waals surface area (Å²) in [6.45, 7) is 6.26. The number of amides is 1. The molecule has 0 spiro atoms. The van der Waals surface area contributed by atoms with Gasteiger partial charge in [0, 0.05) is 37.5 Å². The third kappa shape index (κ3) is 4.82. The van der Waals surface area contributed by atoms with Crippen molar-refractivity contribution in [1.82, 2.24) is 24.5 Å². The van der Waals surface area contributed by atoms with E-state index in [4.69, 9.17) is 0 Å². The van der Waals surface area contributed by atoms with Gasteiger partial charge in [-0.05, 0) is 51.0 Å². The van der Waals surface area contributed by atoms with Gasteiger partial charge in [-0.3, -0.25) is 4.79 Å². The first-order valence-corrected chi connectivity index (χ1v) is 12.3. The molecule has 8 nitrogen and oxygen atoms in total. The number of carbonyl (C=O) groups is 1. The highest BCUT2D eigenvalue weighted by atomic mass is 32.2. The number of benzene rings is 1. The molecule has 32 heavy (non-hydrogen) atoms. The van der Waals surface area contributed by atoms with Crippen LogP contribution >= 0.6 is 11.8 Å². The SMILES string of the molecule is CCN(CC)c1ccc(-c2nnc(SCC(=O)Nc3ccnn3C3CCCC3)n2C)cc1. The molecule has 0 unspecified atom stereocenters. The molecule has 4 rings (SSSR count). The van der Waals surface area contributed by atoms with E-state index in [0.717, 1.165) is 43.1 Å². The molecule has 0 saturated heterocycles. The maximum Gasteiger partial charge on any atom is 0.235 e. The highest BCUT2D eigenvalue weighted by Gasteiger charge is 2.21. The topological polar surface area (TPSA) is 80.9 Å². The lowest BCUT2D eigenvalue weighted by Gasteiger charge is -2.21. The second-order valence-electron chi connectivity index (χ2n) is 8.02. The minimum atomic E-state index is -0.0668. The number of nitrogens with one attached hydrogen (secondary N) is 1. The molecule has 0 atom stereocenters. The Morgan fingerprint density at radius 2 is 1.84 bits per heavy atom. The van der Waals surface area contributed by atoms with Crippen LogP contribution < -0.4 is 10.2 Å². The maximum absolute atomic E-state index is 12.6. The number of thioether (sulfide) groups is 1. The monoisotopic (exact) mass is 453 g/mol. The first-order chi connectivity index (χ1) is 15.6. The normalized spacial score (nSPS) is 14.1. The predicted octanol–water partition coefficient (Wildman–Crippen LogP) is 4.37. The Hall–Kier alpha value is -2.81. The standard InChI is InChI=1S/C23H31N7OS/c1-4-29(5-2)18-12-10-17(11-13-18)22-26-27-23(28(22)3)32-16-21(31)25-20-14-15-24-30(20)19-8-6-7-9-19/h10-15,19H,4-9,16H2,1-3H3,(H,25,31). The summed E-state index contributed by atoms with van der Waals surface area (Å²) in [6.07, 6.45) is 6.44. The van der Waals surface area contributed by atoms with Crippen molar-refractivity contribution in [2.24, 2.45) is 7.05 Å². The van der Waals surface area contributed by atoms with Crippen molar-refractivity contribution in [1.29, 1.82) is 0 Å². The average molecular weight is 454 g/mol. The van der Waals surface area contributed by atoms with Gasteiger partial charge in [0.1, 0.15) is 5.82 Å². The Morgan fingerprint density at radius 1 is 1.12 bits per heavy atom. The molecule has 0 bridgehead atoms. The number of carbonyl (C=O) groups excluding carboxylic acids is 1. The average Bonchev–Trinajstić information content (AvgIpc) is 3.55. The van der Waals surface area contributed by atoms with Gasteiger partial charge in [-0.15, -0.1) is 10.2 Å². The highest BCUT2D eigenvalue weighted by molar-refractivity contribution is 7.99. The molecule has 1 amide bonds. The molecule has 1 fully saturated rings. The number of nitrogens with zero attached hydrogens (tertiary/aromatic N) is 6. The van der Waals surface area contributed by atoms with E-state index >= 15 is 0 Å². The van der Waals surface area contributed by atoms with E-state index in [0.29, 0.717) is 11.2 Å². The third-order valence-corrected chi connectivity index (χ3v) is 7.05. The van der Waals surface area contributed by atoms with Crippen molar-refractivity contribution in [3.05, 3.63) is 36.5 Å². The van der Waals surface area contributed by atoms with E-state index in [-0.39, 0.29) is 11.7 Å². The van der Waals surface area contributed by atoms with Gasteiger partial charge in [-0.25, -0.2) is 4.68 Å². The Labute approximate surface area is 193 Å². The van der Waals surface area contributed by atoms with Gasteiger partial charge in [0.25, 0.3) is 0 Å². The lowest BCUT2D eigenvalue weighted by atomic mass is 10.2. The molecular weight excluding hydrogens is 422 g/mol. The third-order valence-electron chi connectivity index (χ3n) is 6.03. The lowest BCUT2D eigenvalue weighted by molar-refractivity contribution is -0.113. The number of aromatic nitrogens is 5. The van der Waals surface area contributed by atoms with Crippen molar-refractivity contribution in [3.8, 4) is 11.4 Å². The largest absolute Gasteiger partial charge is 0.372 e. The van der Waals surface area contributed by atoms with Crippen LogP contribution in [0.3, 0.4) is 0 Å². The molecule has 0 radical (unpaired) electrons. The fourth-order valence-electron chi connectivity index (χ4n) is 4.26. The number of rotatable bonds is 9. The number of hydrogen-bond acceptors (Lipinski definition) is 6. The van der Waals surface area contributed by atoms with Crippen LogP contribution in [-0.4, -0.2) is 49.3 Å². The Balaban J connectivity index is 1.37. The van der Waals surface area contributed by atoms with Gasteiger partial charge in [0.2, 0.25) is 5.91 Å². The zero-order chi connectivity index (χ0) is 22.5. The summed E-state index contributed by atoms with van der Waals surface area (Å²) in [4.78, 5) is 14.9. The summed E-state index contributed by atoms with van der Waals surface area (Å²) in [5.41, 5.74) is 2.21. The van der Waals surface area contributed by atoms with Gasteiger partial charge in [-0.1, -0.05) is 24.6 Å². The van der Waals surface area contributed by atoms with Gasteiger partial charge >= 0.3 is 0 Å². The summed E-state index contributed by atoms with van der Waals surface area (Å²) < 4.78 is 3.89. The van der Waals surface area contributed by atoms with Crippen LogP contribution in [-0.2, 0) is 11.8 Å². The quantitative estimate of drug-likeness (QED) is 0.485. The van der Waals surface area contributed by atoms with E-state index in [1.807, 2.05) is 22.4 Å². The molecule has 1 N–H and O–H groups in total. The van der Waals surface area contributed by atoms with Crippen molar-refractivity contribution in [3.63, 3.8) is 0 Å². The Morgan fingerprint density at radius 3 is 2.53 bits per heavy atom. The summed E-state index contributed by atoms with van der Waals surface area (Å²) in [5.74, 6) is 1.76. The zero-order valence-corrected chi connectivity index (χ0v) is 19.8. The van der Waals surface area contributed by atoms with Gasteiger partial charge in [0.15, 0.2) is 11.0 Å². The second kappa shape index (κ2) is 10.2. The van der Waals surface area contributed by atoms with E-state index in [1.165, 1.54) is 30.3 Å². The fourth-order valence-corrected chi connectivity index (χ4v) is 4.98. The van der Waals surface area contributed by atoms with Gasteiger partial charge in [0.05, 0.1) is 18.0 Å². The van der Waals surface area contributed by atoms with Crippen LogP contribution in [0.1, 0.15) is 45.6 Å². The predicted molar refractivity (Wildman–Crippen MR) is 129 cm³/mol. The van der Waals surface area contributed by atoms with Crippen LogP contribution in [0, 0.1) is 0 Å². The van der Waals surface area contributed by atoms with Crippen LogP contribution in [0.15, 0.2) is 41.7 Å². The van der Waals surface area contributed by atoms with Crippen molar-refractivity contribution in [2.45, 2.75) is 50.7 Å². The van der Waals surface area contributed by atoms with E-state index in [2.05, 4.69) is 63.6 Å². The maximum atomic E-state index is 12.6. The molecule has 2 aromatic heterocycles. The van der Waals surface area contributed by atoms with E-state index in [1.54, 1.807) is 6.20 Å². The first kappa shape index (κ1) is 22.4.